The van der Waals surface area contributed by atoms with Gasteiger partial charge in [-0.15, -0.1) is 0 Å². The first kappa shape index (κ1) is 32.3. The van der Waals surface area contributed by atoms with Crippen molar-refractivity contribution in [2.75, 3.05) is 9.80 Å². The highest BCUT2D eigenvalue weighted by atomic mass is 16.5. The van der Waals surface area contributed by atoms with Crippen molar-refractivity contribution in [3.63, 3.8) is 0 Å². The molecule has 0 aliphatic carbocycles. The van der Waals surface area contributed by atoms with Gasteiger partial charge in [0, 0.05) is 44.8 Å². The van der Waals surface area contributed by atoms with Crippen LogP contribution in [0.15, 0.2) is 218 Å². The van der Waals surface area contributed by atoms with Gasteiger partial charge >= 0.3 is 0 Å². The molecule has 0 aromatic heterocycles. The third kappa shape index (κ3) is 5.98. The van der Waals surface area contributed by atoms with E-state index in [1.165, 1.54) is 22.3 Å². The van der Waals surface area contributed by atoms with Crippen LogP contribution in [0.2, 0.25) is 0 Å². The minimum absolute atomic E-state index is 0.846. The number of ether oxygens (including phenoxy) is 1. The predicted octanol–water partition coefficient (Wildman–Crippen LogP) is 14.9. The predicted molar refractivity (Wildman–Crippen MR) is 230 cm³/mol. The van der Waals surface area contributed by atoms with Crippen LogP contribution in [0, 0.1) is 0 Å². The summed E-state index contributed by atoms with van der Waals surface area (Å²) in [5.74, 6) is 1.71. The molecule has 1 heterocycles. The molecule has 1 aliphatic heterocycles. The van der Waals surface area contributed by atoms with Gasteiger partial charge in [0.25, 0.3) is 0 Å². The van der Waals surface area contributed by atoms with Crippen LogP contribution in [0.5, 0.6) is 11.5 Å². The van der Waals surface area contributed by atoms with Crippen molar-refractivity contribution in [1.82, 2.24) is 0 Å². The number of hydrogen-bond donors (Lipinski definition) is 0. The monoisotopic (exact) mass is 704 g/mol. The molecule has 1 aliphatic rings. The van der Waals surface area contributed by atoms with E-state index < -0.39 is 0 Å². The van der Waals surface area contributed by atoms with Gasteiger partial charge in [-0.05, 0) is 107 Å². The van der Waals surface area contributed by atoms with Crippen molar-refractivity contribution >= 4 is 44.9 Å². The fourth-order valence-electron chi connectivity index (χ4n) is 7.83. The molecule has 10 rings (SSSR count). The van der Waals surface area contributed by atoms with Crippen LogP contribution in [0.25, 0.3) is 44.2 Å². The Balaban J connectivity index is 1.11. The molecular weight excluding hydrogens is 669 g/mol. The van der Waals surface area contributed by atoms with E-state index in [4.69, 9.17) is 4.74 Å². The molecule has 0 saturated heterocycles. The average molecular weight is 705 g/mol. The van der Waals surface area contributed by atoms with Crippen molar-refractivity contribution in [3.8, 4) is 44.9 Å². The average Bonchev–Trinajstić information content (AvgIpc) is 3.27. The van der Waals surface area contributed by atoms with Crippen LogP contribution in [0.1, 0.15) is 0 Å². The Morgan fingerprint density at radius 3 is 1.29 bits per heavy atom. The SMILES string of the molecule is c1ccc(-c2ccc(N(c3ccc(-c4ccccc4)cc3)c3ccc4c(c3)-c3cccc5c(N(c6ccccc6)c6ccccc6)ccc(c35)O4)cc2)cc1. The first-order chi connectivity index (χ1) is 27.3. The normalized spacial score (nSPS) is 11.4. The van der Waals surface area contributed by atoms with Gasteiger partial charge in [0.2, 0.25) is 0 Å². The van der Waals surface area contributed by atoms with Crippen LogP contribution >= 0.6 is 0 Å². The molecule has 0 amide bonds. The van der Waals surface area contributed by atoms with Crippen LogP contribution < -0.4 is 14.5 Å². The van der Waals surface area contributed by atoms with Crippen LogP contribution in [-0.2, 0) is 0 Å². The first-order valence-electron chi connectivity index (χ1n) is 18.7. The number of rotatable bonds is 8. The Hall–Kier alpha value is -7.36. The maximum absolute atomic E-state index is 6.73. The Bertz CT molecular complexity index is 2630. The van der Waals surface area contributed by atoms with E-state index in [1.807, 2.05) is 0 Å². The third-order valence-electron chi connectivity index (χ3n) is 10.4. The zero-order valence-electron chi connectivity index (χ0n) is 30.1. The minimum atomic E-state index is 0.846. The van der Waals surface area contributed by atoms with E-state index in [-0.39, 0.29) is 0 Å². The molecule has 0 spiro atoms. The molecule has 9 aromatic carbocycles. The van der Waals surface area contributed by atoms with E-state index in [0.29, 0.717) is 0 Å². The van der Waals surface area contributed by atoms with Gasteiger partial charge in [-0.3, -0.25) is 0 Å². The molecule has 0 saturated carbocycles. The lowest BCUT2D eigenvalue weighted by atomic mass is 9.93. The Morgan fingerprint density at radius 1 is 0.291 bits per heavy atom. The molecule has 9 aromatic rings. The van der Waals surface area contributed by atoms with Crippen LogP contribution in [-0.4, -0.2) is 0 Å². The number of nitrogens with zero attached hydrogens (tertiary/aromatic N) is 2. The summed E-state index contributed by atoms with van der Waals surface area (Å²) in [6.45, 7) is 0. The van der Waals surface area contributed by atoms with Gasteiger partial charge < -0.3 is 14.5 Å². The van der Waals surface area contributed by atoms with Crippen LogP contribution in [0.4, 0.5) is 34.1 Å². The number of para-hydroxylation sites is 2. The second-order valence-corrected chi connectivity index (χ2v) is 13.8. The van der Waals surface area contributed by atoms with E-state index in [2.05, 4.69) is 228 Å². The molecule has 0 atom stereocenters. The molecule has 0 fully saturated rings. The van der Waals surface area contributed by atoms with E-state index >= 15 is 0 Å². The Morgan fingerprint density at radius 2 is 0.745 bits per heavy atom. The smallest absolute Gasteiger partial charge is 0.136 e. The van der Waals surface area contributed by atoms with Gasteiger partial charge in [0.1, 0.15) is 11.5 Å². The van der Waals surface area contributed by atoms with E-state index in [9.17, 15) is 0 Å². The summed E-state index contributed by atoms with van der Waals surface area (Å²) in [6, 6.07) is 77.4. The molecule has 0 unspecified atom stereocenters. The van der Waals surface area contributed by atoms with Crippen molar-refractivity contribution in [3.05, 3.63) is 218 Å². The van der Waals surface area contributed by atoms with Crippen molar-refractivity contribution in [2.45, 2.75) is 0 Å². The third-order valence-corrected chi connectivity index (χ3v) is 10.4. The second kappa shape index (κ2) is 13.9. The fourth-order valence-corrected chi connectivity index (χ4v) is 7.83. The highest BCUT2D eigenvalue weighted by Gasteiger charge is 2.25. The molecule has 0 radical (unpaired) electrons. The summed E-state index contributed by atoms with van der Waals surface area (Å²) >= 11 is 0. The standard InChI is InChI=1S/C52H36N2O/c1-5-14-37(15-6-1)39-24-28-43(29-25-39)53(44-30-26-40(27-31-44)38-16-7-2-8-17-38)45-32-34-50-48(36-45)46-22-13-23-47-49(33-35-51(55-50)52(46)47)54(41-18-9-3-10-19-41)42-20-11-4-12-21-42/h1-36H. The molecule has 0 bridgehead atoms. The lowest BCUT2D eigenvalue weighted by molar-refractivity contribution is 0.487. The Labute approximate surface area is 321 Å². The summed E-state index contributed by atoms with van der Waals surface area (Å²) in [4.78, 5) is 4.66. The lowest BCUT2D eigenvalue weighted by Gasteiger charge is -2.30. The summed E-state index contributed by atoms with van der Waals surface area (Å²) in [5, 5.41) is 2.23. The highest BCUT2D eigenvalue weighted by Crippen LogP contribution is 2.52. The summed E-state index contributed by atoms with van der Waals surface area (Å²) in [7, 11) is 0. The molecular formula is C52H36N2O. The number of fused-ring (bicyclic) bond motifs is 2. The van der Waals surface area contributed by atoms with Gasteiger partial charge in [-0.2, -0.15) is 0 Å². The highest BCUT2D eigenvalue weighted by molar-refractivity contribution is 6.11. The first-order valence-corrected chi connectivity index (χ1v) is 18.7. The molecule has 0 N–H and O–H groups in total. The van der Waals surface area contributed by atoms with E-state index in [1.54, 1.807) is 0 Å². The molecule has 55 heavy (non-hydrogen) atoms. The maximum Gasteiger partial charge on any atom is 0.136 e. The van der Waals surface area contributed by atoms with Crippen molar-refractivity contribution in [1.29, 1.82) is 0 Å². The van der Waals surface area contributed by atoms with Crippen molar-refractivity contribution in [2.24, 2.45) is 0 Å². The molecule has 3 nitrogen and oxygen atoms in total. The van der Waals surface area contributed by atoms with Crippen LogP contribution in [0.3, 0.4) is 0 Å². The van der Waals surface area contributed by atoms with Gasteiger partial charge in [-0.1, -0.05) is 140 Å². The fraction of sp³-hybridized carbons (Fsp3) is 0. The van der Waals surface area contributed by atoms with E-state index in [0.717, 1.165) is 67.5 Å². The van der Waals surface area contributed by atoms with Gasteiger partial charge in [-0.25, -0.2) is 0 Å². The van der Waals surface area contributed by atoms with Gasteiger partial charge in [0.05, 0.1) is 5.69 Å². The second-order valence-electron chi connectivity index (χ2n) is 13.8. The van der Waals surface area contributed by atoms with Gasteiger partial charge in [0.15, 0.2) is 0 Å². The topological polar surface area (TPSA) is 15.7 Å². The maximum atomic E-state index is 6.73. The largest absolute Gasteiger partial charge is 0.456 e. The van der Waals surface area contributed by atoms with Crippen molar-refractivity contribution < 1.29 is 4.74 Å². The number of anilines is 6. The number of benzene rings is 9. The summed E-state index contributed by atoms with van der Waals surface area (Å²) in [6.07, 6.45) is 0. The number of hydrogen-bond acceptors (Lipinski definition) is 3. The zero-order valence-corrected chi connectivity index (χ0v) is 30.1. The molecule has 3 heteroatoms. The summed E-state index contributed by atoms with van der Waals surface area (Å²) < 4.78 is 6.73. The molecule has 260 valence electrons. The minimum Gasteiger partial charge on any atom is -0.456 e. The zero-order chi connectivity index (χ0) is 36.6. The summed E-state index contributed by atoms with van der Waals surface area (Å²) in [5.41, 5.74) is 13.5. The Kier molecular flexibility index (Phi) is 8.16. The quantitative estimate of drug-likeness (QED) is 0.157. The lowest BCUT2D eigenvalue weighted by Crippen LogP contribution is -2.11.